The van der Waals surface area contributed by atoms with Gasteiger partial charge >= 0.3 is 5.97 Å². The molecule has 136 valence electrons. The van der Waals surface area contributed by atoms with Crippen LogP contribution in [-0.4, -0.2) is 17.4 Å². The fourth-order valence-corrected chi connectivity index (χ4v) is 10.4. The lowest BCUT2D eigenvalue weighted by Crippen LogP contribution is -2.51. The average molecular weight is 350 g/mol. The fourth-order valence-electron chi connectivity index (χ4n) is 10.4. The number of carbonyl (C=O) groups is 2. The summed E-state index contributed by atoms with van der Waals surface area (Å²) in [6.45, 7) is 2.50. The summed E-state index contributed by atoms with van der Waals surface area (Å²) in [7, 11) is 0. The molecule has 0 N–H and O–H groups in total. The first-order valence-electron chi connectivity index (χ1n) is 11.0. The Morgan fingerprint density at radius 2 is 2.00 bits per heavy atom. The molecule has 6 saturated carbocycles. The van der Waals surface area contributed by atoms with E-state index in [1.807, 2.05) is 0 Å². The van der Waals surface area contributed by atoms with Crippen molar-refractivity contribution in [1.29, 1.82) is 0 Å². The summed E-state index contributed by atoms with van der Waals surface area (Å²) in [5.74, 6) is 6.57. The fraction of sp³-hybridized carbons (Fsp3) is 0.826. The van der Waals surface area contributed by atoms with Gasteiger partial charge in [0.2, 0.25) is 0 Å². The van der Waals surface area contributed by atoms with Crippen LogP contribution in [-0.2, 0) is 14.3 Å². The van der Waals surface area contributed by atoms with Gasteiger partial charge in [0, 0.05) is 23.7 Å². The van der Waals surface area contributed by atoms with Gasteiger partial charge < -0.3 is 4.74 Å². The number of carbonyl (C=O) groups excluding carboxylic acids is 2. The average Bonchev–Trinajstić information content (AvgIpc) is 3.54. The highest BCUT2D eigenvalue weighted by Crippen LogP contribution is 2.93. The van der Waals surface area contributed by atoms with Gasteiger partial charge in [-0.05, 0) is 79.1 Å². The van der Waals surface area contributed by atoms with Gasteiger partial charge in [-0.1, -0.05) is 12.5 Å². The minimum Gasteiger partial charge on any atom is -0.458 e. The molecule has 1 aliphatic heterocycles. The topological polar surface area (TPSA) is 43.4 Å². The normalized spacial score (nSPS) is 67.5. The zero-order valence-electron chi connectivity index (χ0n) is 15.4. The van der Waals surface area contributed by atoms with Crippen LogP contribution in [0.4, 0.5) is 0 Å². The Balaban J connectivity index is 1.26. The van der Waals surface area contributed by atoms with Crippen molar-refractivity contribution < 1.29 is 14.3 Å². The van der Waals surface area contributed by atoms with E-state index in [1.165, 1.54) is 25.7 Å². The molecule has 11 atom stereocenters. The zero-order valence-corrected chi connectivity index (χ0v) is 15.4. The van der Waals surface area contributed by atoms with Crippen molar-refractivity contribution in [3.8, 4) is 0 Å². The van der Waals surface area contributed by atoms with Crippen LogP contribution in [0.5, 0.6) is 0 Å². The van der Waals surface area contributed by atoms with E-state index in [9.17, 15) is 9.59 Å². The number of hydrogen-bond donors (Lipinski definition) is 0. The molecule has 0 aromatic heterocycles. The summed E-state index contributed by atoms with van der Waals surface area (Å²) < 4.78 is 6.14. The lowest BCUT2D eigenvalue weighted by molar-refractivity contribution is -0.152. The number of ether oxygens (including phenoxy) is 1. The summed E-state index contributed by atoms with van der Waals surface area (Å²) in [5, 5.41) is 0. The number of esters is 1. The molecule has 4 unspecified atom stereocenters. The largest absolute Gasteiger partial charge is 0.458 e. The second kappa shape index (κ2) is 3.61. The van der Waals surface area contributed by atoms with Crippen LogP contribution in [0, 0.1) is 58.2 Å². The Bertz CT molecular complexity index is 858. The second-order valence-electron chi connectivity index (χ2n) is 11.3. The van der Waals surface area contributed by atoms with E-state index in [1.54, 1.807) is 5.57 Å². The van der Waals surface area contributed by atoms with E-state index in [0.29, 0.717) is 35.4 Å². The molecule has 8 aliphatic rings. The molecule has 1 saturated heterocycles. The highest BCUT2D eigenvalue weighted by Gasteiger charge is 2.97. The van der Waals surface area contributed by atoms with Crippen LogP contribution in [0.1, 0.15) is 51.9 Å². The molecule has 7 aliphatic carbocycles. The summed E-state index contributed by atoms with van der Waals surface area (Å²) in [5.41, 5.74) is 2.19. The van der Waals surface area contributed by atoms with Crippen molar-refractivity contribution in [2.24, 2.45) is 58.2 Å². The van der Waals surface area contributed by atoms with Crippen LogP contribution >= 0.6 is 0 Å². The SMILES string of the molecule is C[C@]12CCC(=O)C=C1[C@@H]1C[C@@H]1C1C3[C@@H]4C[C@@H]4[C@@]45OC(=O)CC4[C@]35CCC12. The molecule has 26 heavy (non-hydrogen) atoms. The number of hydrogen-bond acceptors (Lipinski definition) is 3. The third kappa shape index (κ3) is 1.12. The van der Waals surface area contributed by atoms with Gasteiger partial charge in [-0.25, -0.2) is 0 Å². The second-order valence-corrected chi connectivity index (χ2v) is 11.3. The Labute approximate surface area is 153 Å². The van der Waals surface area contributed by atoms with Crippen LogP contribution in [0.3, 0.4) is 0 Å². The third-order valence-corrected chi connectivity index (χ3v) is 11.1. The van der Waals surface area contributed by atoms with E-state index in [0.717, 1.165) is 42.4 Å². The molecule has 0 amide bonds. The maximum Gasteiger partial charge on any atom is 0.306 e. The van der Waals surface area contributed by atoms with Crippen LogP contribution in [0.15, 0.2) is 11.6 Å². The highest BCUT2D eigenvalue weighted by atomic mass is 16.6. The molecule has 2 spiro atoms. The van der Waals surface area contributed by atoms with Crippen molar-refractivity contribution in [3.05, 3.63) is 11.6 Å². The zero-order chi connectivity index (χ0) is 17.2. The number of ketones is 1. The van der Waals surface area contributed by atoms with E-state index >= 15 is 0 Å². The number of fused-ring (bicyclic) bond motifs is 9. The molecule has 0 aromatic rings. The highest BCUT2D eigenvalue weighted by molar-refractivity contribution is 5.92. The maximum atomic E-state index is 12.1. The van der Waals surface area contributed by atoms with Crippen LogP contribution < -0.4 is 0 Å². The van der Waals surface area contributed by atoms with E-state index < -0.39 is 0 Å². The Morgan fingerprint density at radius 1 is 1.12 bits per heavy atom. The Morgan fingerprint density at radius 3 is 2.88 bits per heavy atom. The molecule has 8 rings (SSSR count). The third-order valence-electron chi connectivity index (χ3n) is 11.1. The molecule has 3 nitrogen and oxygen atoms in total. The minimum atomic E-state index is -0.00563. The molecule has 0 aromatic carbocycles. The molecular formula is C23H26O3. The van der Waals surface area contributed by atoms with E-state index in [2.05, 4.69) is 13.0 Å². The first-order chi connectivity index (χ1) is 12.5. The Hall–Kier alpha value is -1.12. The monoisotopic (exact) mass is 350 g/mol. The van der Waals surface area contributed by atoms with Crippen molar-refractivity contribution in [1.82, 2.24) is 0 Å². The standard InChI is InChI=1S/C23H26O3/c1-21-4-2-10(24)6-15(21)11-7-12(11)19-14(21)3-5-22-17-9-18(25)26-23(17,22)16-8-13(16)20(19)22/h6,11-14,16-17,19-20H,2-5,7-9H2,1H3/t11-,12+,13-,14?,16+,17?,19?,20?,21-,22-,23-/m1/s1. The predicted molar refractivity (Wildman–Crippen MR) is 92.7 cm³/mol. The minimum absolute atomic E-state index is 0.00563. The summed E-state index contributed by atoms with van der Waals surface area (Å²) in [6, 6.07) is 0. The maximum absolute atomic E-state index is 12.1. The Kier molecular flexibility index (Phi) is 1.94. The van der Waals surface area contributed by atoms with Crippen LogP contribution in [0.25, 0.3) is 0 Å². The summed E-state index contributed by atoms with van der Waals surface area (Å²) in [6.07, 6.45) is 9.87. The quantitative estimate of drug-likeness (QED) is 0.628. The van der Waals surface area contributed by atoms with Gasteiger partial charge in [0.1, 0.15) is 5.60 Å². The lowest BCUT2D eigenvalue weighted by atomic mass is 9.48. The van der Waals surface area contributed by atoms with Gasteiger partial charge in [-0.3, -0.25) is 9.59 Å². The summed E-state index contributed by atoms with van der Waals surface area (Å²) >= 11 is 0. The first-order valence-corrected chi connectivity index (χ1v) is 11.0. The van der Waals surface area contributed by atoms with Crippen molar-refractivity contribution >= 4 is 11.8 Å². The molecule has 3 heteroatoms. The van der Waals surface area contributed by atoms with Gasteiger partial charge in [0.05, 0.1) is 6.42 Å². The van der Waals surface area contributed by atoms with Crippen molar-refractivity contribution in [2.75, 3.05) is 0 Å². The van der Waals surface area contributed by atoms with E-state index in [-0.39, 0.29) is 17.0 Å². The van der Waals surface area contributed by atoms with Gasteiger partial charge in [-0.15, -0.1) is 0 Å². The number of rotatable bonds is 0. The lowest BCUT2D eigenvalue weighted by Gasteiger charge is -2.56. The molecule has 1 heterocycles. The first kappa shape index (κ1) is 14.0. The van der Waals surface area contributed by atoms with Gasteiger partial charge in [-0.2, -0.15) is 0 Å². The van der Waals surface area contributed by atoms with Gasteiger partial charge in [0.15, 0.2) is 5.78 Å². The predicted octanol–water partition coefficient (Wildman–Crippen LogP) is 3.53. The van der Waals surface area contributed by atoms with E-state index in [4.69, 9.17) is 4.74 Å². The molecule has 7 fully saturated rings. The summed E-state index contributed by atoms with van der Waals surface area (Å²) in [4.78, 5) is 24.1. The van der Waals surface area contributed by atoms with Crippen molar-refractivity contribution in [3.63, 3.8) is 0 Å². The molecule has 0 radical (unpaired) electrons. The molecule has 0 bridgehead atoms. The molecular weight excluding hydrogens is 324 g/mol. The van der Waals surface area contributed by atoms with Crippen LogP contribution in [0.2, 0.25) is 0 Å². The number of allylic oxidation sites excluding steroid dienone is 1. The van der Waals surface area contributed by atoms with Crippen molar-refractivity contribution in [2.45, 2.75) is 57.5 Å². The smallest absolute Gasteiger partial charge is 0.306 e. The van der Waals surface area contributed by atoms with Gasteiger partial charge in [0.25, 0.3) is 0 Å².